The molecule has 0 radical (unpaired) electrons. The van der Waals surface area contributed by atoms with Gasteiger partial charge in [0, 0.05) is 31.4 Å². The third-order valence-corrected chi connectivity index (χ3v) is 4.00. The molecule has 0 spiro atoms. The van der Waals surface area contributed by atoms with Crippen LogP contribution in [-0.4, -0.2) is 55.3 Å². The van der Waals surface area contributed by atoms with Gasteiger partial charge in [-0.05, 0) is 45.0 Å². The van der Waals surface area contributed by atoms with Gasteiger partial charge in [-0.25, -0.2) is 0 Å². The van der Waals surface area contributed by atoms with E-state index in [-0.39, 0.29) is 30.8 Å². The van der Waals surface area contributed by atoms with Crippen LogP contribution >= 0.6 is 0 Å². The second-order valence-electron chi connectivity index (χ2n) is 6.63. The van der Waals surface area contributed by atoms with E-state index in [1.165, 1.54) is 6.92 Å². The monoisotopic (exact) mass is 375 g/mol. The summed E-state index contributed by atoms with van der Waals surface area (Å²) < 4.78 is 0. The molecule has 0 saturated heterocycles. The summed E-state index contributed by atoms with van der Waals surface area (Å²) in [4.78, 5) is 38.4. The van der Waals surface area contributed by atoms with Gasteiger partial charge < -0.3 is 20.4 Å². The number of carbonyl (C=O) groups is 3. The first kappa shape index (κ1) is 22.4. The topological polar surface area (TPSA) is 83.0 Å². The quantitative estimate of drug-likeness (QED) is 0.532. The molecule has 0 aliphatic rings. The molecule has 1 aromatic carbocycles. The van der Waals surface area contributed by atoms with E-state index in [0.29, 0.717) is 31.0 Å². The maximum atomic E-state index is 12.4. The Hall–Kier alpha value is -2.67. The SMILES string of the molecule is C=C(C)CN(CC)C(=O)C[NH+](CC)CC(=O)Nc1ccc(NC(C)=O)cc1. The third kappa shape index (κ3) is 8.50. The second-order valence-corrected chi connectivity index (χ2v) is 6.63. The lowest BCUT2D eigenvalue weighted by atomic mass is 10.2. The van der Waals surface area contributed by atoms with Crippen LogP contribution in [0, 0.1) is 0 Å². The van der Waals surface area contributed by atoms with Crippen LogP contribution in [0.2, 0.25) is 0 Å². The summed E-state index contributed by atoms with van der Waals surface area (Å²) in [5.41, 5.74) is 2.25. The Kier molecular flexibility index (Phi) is 9.22. The summed E-state index contributed by atoms with van der Waals surface area (Å²) >= 11 is 0. The predicted octanol–water partition coefficient (Wildman–Crippen LogP) is 0.913. The van der Waals surface area contributed by atoms with Gasteiger partial charge in [-0.1, -0.05) is 12.2 Å². The fourth-order valence-corrected chi connectivity index (χ4v) is 2.61. The van der Waals surface area contributed by atoms with E-state index in [1.54, 1.807) is 29.2 Å². The molecule has 0 bridgehead atoms. The van der Waals surface area contributed by atoms with Crippen LogP contribution < -0.4 is 15.5 Å². The number of carbonyl (C=O) groups excluding carboxylic acids is 3. The van der Waals surface area contributed by atoms with Gasteiger partial charge in [-0.2, -0.15) is 0 Å². The Morgan fingerprint density at radius 2 is 1.56 bits per heavy atom. The Balaban J connectivity index is 2.58. The maximum absolute atomic E-state index is 12.4. The molecule has 3 N–H and O–H groups in total. The van der Waals surface area contributed by atoms with Crippen LogP contribution in [0.3, 0.4) is 0 Å². The normalized spacial score (nSPS) is 11.4. The number of rotatable bonds is 10. The lowest BCUT2D eigenvalue weighted by Crippen LogP contribution is -3.14. The van der Waals surface area contributed by atoms with Crippen molar-refractivity contribution in [3.63, 3.8) is 0 Å². The number of amides is 3. The van der Waals surface area contributed by atoms with E-state index < -0.39 is 0 Å². The van der Waals surface area contributed by atoms with Crippen molar-refractivity contribution < 1.29 is 19.3 Å². The zero-order valence-electron chi connectivity index (χ0n) is 16.7. The minimum atomic E-state index is -0.158. The van der Waals surface area contributed by atoms with Crippen molar-refractivity contribution >= 4 is 29.1 Å². The fraction of sp³-hybridized carbons (Fsp3) is 0.450. The van der Waals surface area contributed by atoms with Gasteiger partial charge in [0.25, 0.3) is 11.8 Å². The Morgan fingerprint density at radius 1 is 1.00 bits per heavy atom. The molecule has 0 aliphatic carbocycles. The molecule has 3 amide bonds. The number of anilines is 2. The lowest BCUT2D eigenvalue weighted by molar-refractivity contribution is -0.882. The number of likely N-dealkylation sites (N-methyl/N-ethyl adjacent to an activating group) is 2. The summed E-state index contributed by atoms with van der Waals surface area (Å²) in [5, 5.41) is 5.50. The molecule has 148 valence electrons. The first-order chi connectivity index (χ1) is 12.7. The molecule has 0 aromatic heterocycles. The summed E-state index contributed by atoms with van der Waals surface area (Å²) in [6.07, 6.45) is 0. The first-order valence-corrected chi connectivity index (χ1v) is 9.18. The third-order valence-electron chi connectivity index (χ3n) is 4.00. The molecule has 0 fully saturated rings. The molecule has 27 heavy (non-hydrogen) atoms. The zero-order chi connectivity index (χ0) is 20.4. The van der Waals surface area contributed by atoms with Gasteiger partial charge in [0.1, 0.15) is 0 Å². The maximum Gasteiger partial charge on any atom is 0.279 e. The molecule has 7 heteroatoms. The number of hydrogen-bond acceptors (Lipinski definition) is 3. The molecule has 1 rings (SSSR count). The Labute approximate surface area is 161 Å². The van der Waals surface area contributed by atoms with Gasteiger partial charge in [0.05, 0.1) is 6.54 Å². The largest absolute Gasteiger partial charge is 0.334 e. The van der Waals surface area contributed by atoms with Crippen LogP contribution in [-0.2, 0) is 14.4 Å². The zero-order valence-corrected chi connectivity index (χ0v) is 16.7. The minimum absolute atomic E-state index is 0.0183. The first-order valence-electron chi connectivity index (χ1n) is 9.18. The second kappa shape index (κ2) is 11.1. The lowest BCUT2D eigenvalue weighted by Gasteiger charge is -2.24. The van der Waals surface area contributed by atoms with E-state index >= 15 is 0 Å². The molecule has 0 heterocycles. The molecular formula is C20H31N4O3+. The standard InChI is InChI=1S/C20H30N4O3/c1-6-23(14-20(27)24(7-2)12-15(3)4)13-19(26)22-18-10-8-17(9-11-18)21-16(5)25/h8-11H,3,6-7,12-14H2,1-2,4-5H3,(H,21,25)(H,22,26)/p+1. The van der Waals surface area contributed by atoms with Crippen molar-refractivity contribution in [2.24, 2.45) is 0 Å². The van der Waals surface area contributed by atoms with Crippen LogP contribution in [0.1, 0.15) is 27.7 Å². The number of nitrogens with zero attached hydrogens (tertiary/aromatic N) is 1. The van der Waals surface area contributed by atoms with E-state index in [0.717, 1.165) is 10.5 Å². The average molecular weight is 375 g/mol. The molecule has 1 atom stereocenters. The van der Waals surface area contributed by atoms with Crippen molar-refractivity contribution in [2.75, 3.05) is 43.4 Å². The number of quaternary nitrogens is 1. The van der Waals surface area contributed by atoms with E-state index in [9.17, 15) is 14.4 Å². The van der Waals surface area contributed by atoms with Gasteiger partial charge in [0.15, 0.2) is 13.1 Å². The molecule has 1 unspecified atom stereocenters. The number of nitrogens with one attached hydrogen (secondary N) is 3. The summed E-state index contributed by atoms with van der Waals surface area (Å²) in [6, 6.07) is 6.90. The van der Waals surface area contributed by atoms with E-state index in [1.807, 2.05) is 20.8 Å². The molecule has 0 saturated carbocycles. The number of hydrogen-bond donors (Lipinski definition) is 3. The van der Waals surface area contributed by atoms with Crippen molar-refractivity contribution in [2.45, 2.75) is 27.7 Å². The molecule has 1 aromatic rings. The van der Waals surface area contributed by atoms with Gasteiger partial charge >= 0.3 is 0 Å². The summed E-state index contributed by atoms with van der Waals surface area (Å²) in [7, 11) is 0. The average Bonchev–Trinajstić information content (AvgIpc) is 2.59. The number of benzene rings is 1. The Morgan fingerprint density at radius 3 is 2.00 bits per heavy atom. The minimum Gasteiger partial charge on any atom is -0.334 e. The highest BCUT2D eigenvalue weighted by Crippen LogP contribution is 2.13. The molecular weight excluding hydrogens is 344 g/mol. The molecule has 7 nitrogen and oxygen atoms in total. The highest BCUT2D eigenvalue weighted by molar-refractivity contribution is 5.92. The predicted molar refractivity (Wildman–Crippen MR) is 108 cm³/mol. The summed E-state index contributed by atoms with van der Waals surface area (Å²) in [5.74, 6) is -0.286. The van der Waals surface area contributed by atoms with Crippen LogP contribution in [0.4, 0.5) is 11.4 Å². The van der Waals surface area contributed by atoms with Crippen molar-refractivity contribution in [3.05, 3.63) is 36.4 Å². The van der Waals surface area contributed by atoms with E-state index in [4.69, 9.17) is 0 Å². The Bertz CT molecular complexity index is 670. The smallest absolute Gasteiger partial charge is 0.279 e. The van der Waals surface area contributed by atoms with Gasteiger partial charge in [0.2, 0.25) is 5.91 Å². The highest BCUT2D eigenvalue weighted by Gasteiger charge is 2.20. The van der Waals surface area contributed by atoms with Crippen molar-refractivity contribution in [1.29, 1.82) is 0 Å². The highest BCUT2D eigenvalue weighted by atomic mass is 16.2. The fourth-order valence-electron chi connectivity index (χ4n) is 2.61. The van der Waals surface area contributed by atoms with Crippen LogP contribution in [0.5, 0.6) is 0 Å². The van der Waals surface area contributed by atoms with Gasteiger partial charge in [-0.15, -0.1) is 0 Å². The van der Waals surface area contributed by atoms with Gasteiger partial charge in [-0.3, -0.25) is 14.4 Å². The van der Waals surface area contributed by atoms with E-state index in [2.05, 4.69) is 17.2 Å². The van der Waals surface area contributed by atoms with Crippen LogP contribution in [0.15, 0.2) is 36.4 Å². The van der Waals surface area contributed by atoms with Crippen molar-refractivity contribution in [1.82, 2.24) is 4.90 Å². The van der Waals surface area contributed by atoms with Crippen molar-refractivity contribution in [3.8, 4) is 0 Å². The summed E-state index contributed by atoms with van der Waals surface area (Å²) in [6.45, 7) is 13.4. The van der Waals surface area contributed by atoms with Crippen LogP contribution in [0.25, 0.3) is 0 Å². The molecule has 0 aliphatic heterocycles.